The molecule has 0 aromatic carbocycles. The zero-order valence-corrected chi connectivity index (χ0v) is 8.31. The maximum Gasteiger partial charge on any atom is 0.128 e. The fourth-order valence-electron chi connectivity index (χ4n) is 1.15. The van der Waals surface area contributed by atoms with Gasteiger partial charge in [0.05, 0.1) is 6.61 Å². The molecule has 0 aliphatic rings. The zero-order chi connectivity index (χ0) is 10.2. The lowest BCUT2D eigenvalue weighted by atomic mass is 10.2. The van der Waals surface area contributed by atoms with Crippen molar-refractivity contribution in [1.82, 2.24) is 10.3 Å². The van der Waals surface area contributed by atoms with Crippen molar-refractivity contribution in [1.29, 1.82) is 0 Å². The van der Waals surface area contributed by atoms with Crippen molar-refractivity contribution >= 4 is 0 Å². The number of pyridine rings is 1. The van der Waals surface area contributed by atoms with Gasteiger partial charge >= 0.3 is 0 Å². The molecule has 1 atom stereocenters. The van der Waals surface area contributed by atoms with Gasteiger partial charge in [0.15, 0.2) is 0 Å². The first-order chi connectivity index (χ1) is 6.83. The van der Waals surface area contributed by atoms with Crippen LogP contribution < -0.4 is 5.32 Å². The lowest BCUT2D eigenvalue weighted by Crippen LogP contribution is -2.34. The summed E-state index contributed by atoms with van der Waals surface area (Å²) in [5, 5.41) is 12.2. The van der Waals surface area contributed by atoms with Crippen molar-refractivity contribution < 1.29 is 9.84 Å². The van der Waals surface area contributed by atoms with Gasteiger partial charge < -0.3 is 9.84 Å². The van der Waals surface area contributed by atoms with Crippen LogP contribution in [0.2, 0.25) is 0 Å². The van der Waals surface area contributed by atoms with E-state index in [0.29, 0.717) is 6.61 Å². The second kappa shape index (κ2) is 6.48. The van der Waals surface area contributed by atoms with Crippen LogP contribution in [0, 0.1) is 0 Å². The summed E-state index contributed by atoms with van der Waals surface area (Å²) in [6.45, 7) is 1.05. The first-order valence-corrected chi connectivity index (χ1v) is 4.62. The van der Waals surface area contributed by atoms with E-state index >= 15 is 0 Å². The minimum atomic E-state index is -0.582. The number of nitrogens with one attached hydrogen (secondary N) is 1. The number of ether oxygens (including phenoxy) is 1. The van der Waals surface area contributed by atoms with Crippen LogP contribution in [0.4, 0.5) is 0 Å². The minimum Gasteiger partial charge on any atom is -0.381 e. The Bertz CT molecular complexity index is 241. The molecule has 2 N–H and O–H groups in total. The van der Waals surface area contributed by atoms with Crippen molar-refractivity contribution in [2.45, 2.75) is 12.6 Å². The molecular formula is C10H16N2O2. The van der Waals surface area contributed by atoms with E-state index < -0.39 is 6.23 Å². The summed E-state index contributed by atoms with van der Waals surface area (Å²) in [5.41, 5.74) is 1.21. The Hall–Kier alpha value is -0.970. The molecule has 0 fully saturated rings. The molecule has 14 heavy (non-hydrogen) atoms. The van der Waals surface area contributed by atoms with Gasteiger partial charge in [-0.2, -0.15) is 0 Å². The average Bonchev–Trinajstić information content (AvgIpc) is 2.20. The summed E-state index contributed by atoms with van der Waals surface area (Å²) in [5.74, 6) is 0. The van der Waals surface area contributed by atoms with Crippen molar-refractivity contribution in [3.05, 3.63) is 30.1 Å². The highest BCUT2D eigenvalue weighted by molar-refractivity contribution is 5.09. The summed E-state index contributed by atoms with van der Waals surface area (Å²) >= 11 is 0. The van der Waals surface area contributed by atoms with Gasteiger partial charge in [0, 0.05) is 26.0 Å². The molecule has 0 saturated heterocycles. The van der Waals surface area contributed by atoms with Gasteiger partial charge in [-0.1, -0.05) is 0 Å². The Morgan fingerprint density at radius 3 is 2.86 bits per heavy atom. The van der Waals surface area contributed by atoms with Gasteiger partial charge in [0.25, 0.3) is 0 Å². The Morgan fingerprint density at radius 1 is 1.50 bits per heavy atom. The smallest absolute Gasteiger partial charge is 0.128 e. The molecule has 1 heterocycles. The number of aliphatic hydroxyl groups is 1. The lowest BCUT2D eigenvalue weighted by Gasteiger charge is -2.11. The monoisotopic (exact) mass is 196 g/mol. The van der Waals surface area contributed by atoms with E-state index in [0.717, 1.165) is 13.0 Å². The molecule has 1 aromatic rings. The molecule has 4 nitrogen and oxygen atoms in total. The quantitative estimate of drug-likeness (QED) is 0.637. The van der Waals surface area contributed by atoms with Crippen LogP contribution in [0.1, 0.15) is 5.56 Å². The fourth-order valence-corrected chi connectivity index (χ4v) is 1.15. The second-order valence-electron chi connectivity index (χ2n) is 3.03. The molecule has 0 radical (unpaired) electrons. The molecule has 4 heteroatoms. The lowest BCUT2D eigenvalue weighted by molar-refractivity contribution is 0.0430. The molecule has 0 bridgehead atoms. The second-order valence-corrected chi connectivity index (χ2v) is 3.03. The topological polar surface area (TPSA) is 54.4 Å². The molecular weight excluding hydrogens is 180 g/mol. The maximum atomic E-state index is 9.28. The highest BCUT2D eigenvalue weighted by Crippen LogP contribution is 1.96. The molecule has 0 spiro atoms. The molecule has 78 valence electrons. The molecule has 0 aliphatic carbocycles. The molecule has 0 saturated carbocycles. The highest BCUT2D eigenvalue weighted by atomic mass is 16.5. The molecule has 1 unspecified atom stereocenters. The van der Waals surface area contributed by atoms with E-state index in [-0.39, 0.29) is 0 Å². The number of hydrogen-bond acceptors (Lipinski definition) is 4. The minimum absolute atomic E-state index is 0.316. The average molecular weight is 196 g/mol. The normalized spacial score (nSPS) is 12.7. The molecule has 0 amide bonds. The van der Waals surface area contributed by atoms with Gasteiger partial charge in [-0.3, -0.25) is 10.3 Å². The van der Waals surface area contributed by atoms with Crippen molar-refractivity contribution in [3.8, 4) is 0 Å². The summed E-state index contributed by atoms with van der Waals surface area (Å²) in [7, 11) is 1.56. The van der Waals surface area contributed by atoms with Gasteiger partial charge in [-0.15, -0.1) is 0 Å². The van der Waals surface area contributed by atoms with Crippen LogP contribution >= 0.6 is 0 Å². The number of nitrogens with zero attached hydrogens (tertiary/aromatic N) is 1. The summed E-state index contributed by atoms with van der Waals surface area (Å²) in [6.07, 6.45) is 3.83. The van der Waals surface area contributed by atoms with Crippen LogP contribution in [-0.4, -0.2) is 36.6 Å². The Morgan fingerprint density at radius 2 is 2.21 bits per heavy atom. The van der Waals surface area contributed by atoms with Crippen LogP contribution in [0.25, 0.3) is 0 Å². The standard InChI is InChI=1S/C10H16N2O2/c1-14-8-10(13)12-7-4-9-2-5-11-6-3-9/h2-3,5-6,10,12-13H,4,7-8H2,1H3. The number of methoxy groups -OCH3 is 1. The predicted octanol–water partition coefficient (Wildman–Crippen LogP) is 0.178. The van der Waals surface area contributed by atoms with E-state index in [4.69, 9.17) is 4.74 Å². The first-order valence-electron chi connectivity index (χ1n) is 4.62. The molecule has 0 aliphatic heterocycles. The maximum absolute atomic E-state index is 9.28. The van der Waals surface area contributed by atoms with Crippen LogP contribution in [0.15, 0.2) is 24.5 Å². The zero-order valence-electron chi connectivity index (χ0n) is 8.31. The summed E-state index contributed by atoms with van der Waals surface area (Å²) in [6, 6.07) is 3.93. The van der Waals surface area contributed by atoms with Gasteiger partial charge in [0.1, 0.15) is 6.23 Å². The van der Waals surface area contributed by atoms with E-state index in [9.17, 15) is 5.11 Å². The van der Waals surface area contributed by atoms with E-state index in [1.54, 1.807) is 19.5 Å². The van der Waals surface area contributed by atoms with Crippen molar-refractivity contribution in [2.24, 2.45) is 0 Å². The Labute approximate surface area is 83.9 Å². The summed E-state index contributed by atoms with van der Waals surface area (Å²) in [4.78, 5) is 3.93. The highest BCUT2D eigenvalue weighted by Gasteiger charge is 2.00. The number of hydrogen-bond donors (Lipinski definition) is 2. The van der Waals surface area contributed by atoms with Crippen molar-refractivity contribution in [2.75, 3.05) is 20.3 Å². The van der Waals surface area contributed by atoms with Gasteiger partial charge in [-0.25, -0.2) is 0 Å². The molecule has 1 aromatic heterocycles. The van der Waals surface area contributed by atoms with Crippen LogP contribution in [-0.2, 0) is 11.2 Å². The third kappa shape index (κ3) is 4.32. The SMILES string of the molecule is COCC(O)NCCc1ccncc1. The third-order valence-electron chi connectivity index (χ3n) is 1.87. The number of rotatable bonds is 6. The fraction of sp³-hybridized carbons (Fsp3) is 0.500. The van der Waals surface area contributed by atoms with Crippen LogP contribution in [0.3, 0.4) is 0 Å². The number of aliphatic hydroxyl groups excluding tert-OH is 1. The third-order valence-corrected chi connectivity index (χ3v) is 1.87. The predicted molar refractivity (Wildman–Crippen MR) is 53.8 cm³/mol. The van der Waals surface area contributed by atoms with Gasteiger partial charge in [-0.05, 0) is 24.1 Å². The Kier molecular flexibility index (Phi) is 5.14. The van der Waals surface area contributed by atoms with E-state index in [2.05, 4.69) is 10.3 Å². The van der Waals surface area contributed by atoms with Crippen LogP contribution in [0.5, 0.6) is 0 Å². The molecule has 1 rings (SSSR count). The van der Waals surface area contributed by atoms with Crippen molar-refractivity contribution in [3.63, 3.8) is 0 Å². The van der Waals surface area contributed by atoms with Gasteiger partial charge in [0.2, 0.25) is 0 Å². The largest absolute Gasteiger partial charge is 0.381 e. The van der Waals surface area contributed by atoms with E-state index in [1.165, 1.54) is 5.56 Å². The first kappa shape index (κ1) is 11.1. The summed E-state index contributed by atoms with van der Waals surface area (Å²) < 4.78 is 4.78. The van der Waals surface area contributed by atoms with E-state index in [1.807, 2.05) is 12.1 Å². The Balaban J connectivity index is 2.16. The number of aromatic nitrogens is 1.